The molecule has 1 aromatic rings. The Labute approximate surface area is 88.4 Å². The molecule has 0 aromatic carbocycles. The summed E-state index contributed by atoms with van der Waals surface area (Å²) in [6.45, 7) is 6.01. The molecule has 1 aromatic heterocycles. The maximum atomic E-state index is 13.3. The Bertz CT molecular complexity index is 322. The van der Waals surface area contributed by atoms with Crippen LogP contribution in [0.5, 0.6) is 0 Å². The zero-order chi connectivity index (χ0) is 10.3. The van der Waals surface area contributed by atoms with Crippen LogP contribution in [0.4, 0.5) is 4.39 Å². The highest BCUT2D eigenvalue weighted by atomic mass is 32.1. The summed E-state index contributed by atoms with van der Waals surface area (Å²) >= 11 is 1.75. The Morgan fingerprint density at radius 3 is 2.64 bits per heavy atom. The summed E-state index contributed by atoms with van der Waals surface area (Å²) in [4.78, 5) is 5.69. The molecule has 1 aliphatic rings. The molecular formula is C11H16FNS. The van der Waals surface area contributed by atoms with Crippen molar-refractivity contribution < 1.29 is 4.39 Å². The second kappa shape index (κ2) is 3.30. The van der Waals surface area contributed by atoms with Gasteiger partial charge in [0, 0.05) is 17.0 Å². The van der Waals surface area contributed by atoms with Crippen molar-refractivity contribution in [2.75, 3.05) is 0 Å². The van der Waals surface area contributed by atoms with E-state index in [2.05, 4.69) is 18.8 Å². The highest BCUT2D eigenvalue weighted by Gasteiger charge is 2.42. The van der Waals surface area contributed by atoms with Gasteiger partial charge in [0.25, 0.3) is 0 Å². The smallest absolute Gasteiger partial charge is 0.109 e. The highest BCUT2D eigenvalue weighted by Crippen LogP contribution is 2.48. The normalized spacial score (nSPS) is 31.9. The number of alkyl halides is 1. The largest absolute Gasteiger partial charge is 0.249 e. The Morgan fingerprint density at radius 1 is 1.57 bits per heavy atom. The number of rotatable bonds is 2. The molecule has 0 spiro atoms. The van der Waals surface area contributed by atoms with Crippen molar-refractivity contribution in [2.24, 2.45) is 0 Å². The molecule has 1 aliphatic carbocycles. The lowest BCUT2D eigenvalue weighted by Crippen LogP contribution is -2.34. The van der Waals surface area contributed by atoms with Crippen LogP contribution >= 0.6 is 11.3 Å². The van der Waals surface area contributed by atoms with Gasteiger partial charge in [0.15, 0.2) is 0 Å². The lowest BCUT2D eigenvalue weighted by molar-refractivity contribution is 0.0615. The molecule has 0 amide bonds. The molecular weight excluding hydrogens is 197 g/mol. The molecule has 0 bridgehead atoms. The van der Waals surface area contributed by atoms with E-state index in [1.54, 1.807) is 18.3 Å². The summed E-state index contributed by atoms with van der Waals surface area (Å²) in [5.74, 6) is 0.917. The van der Waals surface area contributed by atoms with Gasteiger partial charge in [-0.05, 0) is 25.7 Å². The van der Waals surface area contributed by atoms with Crippen molar-refractivity contribution in [1.29, 1.82) is 0 Å². The van der Waals surface area contributed by atoms with Crippen molar-refractivity contribution in [3.8, 4) is 0 Å². The Balaban J connectivity index is 2.05. The molecule has 1 nitrogen and oxygen atoms in total. The van der Waals surface area contributed by atoms with Crippen LogP contribution in [0.3, 0.4) is 0 Å². The number of aromatic nitrogens is 1. The van der Waals surface area contributed by atoms with E-state index in [0.717, 1.165) is 5.01 Å². The molecule has 0 N–H and O–H groups in total. The number of hydrogen-bond acceptors (Lipinski definition) is 2. The van der Waals surface area contributed by atoms with E-state index in [4.69, 9.17) is 0 Å². The van der Waals surface area contributed by atoms with Crippen molar-refractivity contribution in [2.45, 2.75) is 51.1 Å². The van der Waals surface area contributed by atoms with E-state index in [0.29, 0.717) is 24.7 Å². The third-order valence-electron chi connectivity index (χ3n) is 2.80. The second-order valence-corrected chi connectivity index (χ2v) is 5.87. The molecule has 1 saturated carbocycles. The van der Waals surface area contributed by atoms with Gasteiger partial charge >= 0.3 is 0 Å². The molecule has 0 aliphatic heterocycles. The van der Waals surface area contributed by atoms with Gasteiger partial charge in [-0.3, -0.25) is 0 Å². The standard InChI is InChI=1S/C11H16FNS/c1-7(2)9-6-13-10(14-9)8-4-11(3,12)5-8/h6-8H,4-5H2,1-3H3. The van der Waals surface area contributed by atoms with Gasteiger partial charge in [0.1, 0.15) is 5.67 Å². The third kappa shape index (κ3) is 1.83. The molecule has 3 heteroatoms. The SMILES string of the molecule is CC(C)c1cnc(C2CC(C)(F)C2)s1. The average Bonchev–Trinajstić information content (AvgIpc) is 2.47. The van der Waals surface area contributed by atoms with Crippen LogP contribution in [0.2, 0.25) is 0 Å². The van der Waals surface area contributed by atoms with Crippen LogP contribution in [0.25, 0.3) is 0 Å². The Morgan fingerprint density at radius 2 is 2.21 bits per heavy atom. The number of nitrogens with zero attached hydrogens (tertiary/aromatic N) is 1. The summed E-state index contributed by atoms with van der Waals surface area (Å²) in [5.41, 5.74) is -0.936. The minimum absolute atomic E-state index is 0.377. The predicted molar refractivity (Wildman–Crippen MR) is 57.7 cm³/mol. The zero-order valence-corrected chi connectivity index (χ0v) is 9.70. The third-order valence-corrected chi connectivity index (χ3v) is 4.26. The summed E-state index contributed by atoms with van der Waals surface area (Å²) in [6, 6.07) is 0. The minimum atomic E-state index is -0.936. The van der Waals surface area contributed by atoms with E-state index in [-0.39, 0.29) is 0 Å². The first-order valence-corrected chi connectivity index (χ1v) is 5.94. The van der Waals surface area contributed by atoms with Gasteiger partial charge in [-0.15, -0.1) is 11.3 Å². The van der Waals surface area contributed by atoms with Crippen molar-refractivity contribution in [3.05, 3.63) is 16.1 Å². The van der Waals surface area contributed by atoms with E-state index < -0.39 is 5.67 Å². The van der Waals surface area contributed by atoms with E-state index in [1.807, 2.05) is 6.20 Å². The van der Waals surface area contributed by atoms with Gasteiger partial charge in [-0.25, -0.2) is 9.37 Å². The van der Waals surface area contributed by atoms with Crippen LogP contribution < -0.4 is 0 Å². The molecule has 0 saturated heterocycles. The fourth-order valence-electron chi connectivity index (χ4n) is 1.90. The summed E-state index contributed by atoms with van der Waals surface area (Å²) in [6.07, 6.45) is 3.24. The maximum absolute atomic E-state index is 13.3. The quantitative estimate of drug-likeness (QED) is 0.726. The first kappa shape index (κ1) is 10.1. The molecule has 0 unspecified atom stereocenters. The summed E-state index contributed by atoms with van der Waals surface area (Å²) in [5, 5.41) is 1.13. The molecule has 0 radical (unpaired) electrons. The van der Waals surface area contributed by atoms with Gasteiger partial charge < -0.3 is 0 Å². The van der Waals surface area contributed by atoms with Crippen molar-refractivity contribution in [1.82, 2.24) is 4.98 Å². The van der Waals surface area contributed by atoms with E-state index >= 15 is 0 Å². The Kier molecular flexibility index (Phi) is 2.38. The lowest BCUT2D eigenvalue weighted by atomic mass is 9.74. The molecule has 2 rings (SSSR count). The summed E-state index contributed by atoms with van der Waals surface area (Å²) in [7, 11) is 0. The molecule has 14 heavy (non-hydrogen) atoms. The van der Waals surface area contributed by atoms with E-state index in [1.165, 1.54) is 4.88 Å². The monoisotopic (exact) mass is 213 g/mol. The van der Waals surface area contributed by atoms with Crippen LogP contribution in [-0.2, 0) is 0 Å². The number of hydrogen-bond donors (Lipinski definition) is 0. The van der Waals surface area contributed by atoms with Crippen LogP contribution in [-0.4, -0.2) is 10.7 Å². The first-order valence-electron chi connectivity index (χ1n) is 5.12. The molecule has 1 heterocycles. The van der Waals surface area contributed by atoms with Gasteiger partial charge in [-0.2, -0.15) is 0 Å². The van der Waals surface area contributed by atoms with Gasteiger partial charge in [0.2, 0.25) is 0 Å². The van der Waals surface area contributed by atoms with Crippen LogP contribution in [0.1, 0.15) is 55.3 Å². The second-order valence-electron chi connectivity index (χ2n) is 4.77. The average molecular weight is 213 g/mol. The number of halogens is 1. The minimum Gasteiger partial charge on any atom is -0.249 e. The number of thiazole rings is 1. The molecule has 1 fully saturated rings. The molecule has 78 valence electrons. The van der Waals surface area contributed by atoms with Gasteiger partial charge in [0.05, 0.1) is 5.01 Å². The van der Waals surface area contributed by atoms with Crippen LogP contribution in [0, 0.1) is 0 Å². The Hall–Kier alpha value is -0.440. The fourth-order valence-corrected chi connectivity index (χ4v) is 2.92. The highest BCUT2D eigenvalue weighted by molar-refractivity contribution is 7.11. The fraction of sp³-hybridized carbons (Fsp3) is 0.727. The van der Waals surface area contributed by atoms with E-state index in [9.17, 15) is 4.39 Å². The van der Waals surface area contributed by atoms with Crippen molar-refractivity contribution >= 4 is 11.3 Å². The first-order chi connectivity index (χ1) is 6.48. The lowest BCUT2D eigenvalue weighted by Gasteiger charge is -2.37. The molecule has 0 atom stereocenters. The summed E-state index contributed by atoms with van der Waals surface area (Å²) < 4.78 is 13.3. The maximum Gasteiger partial charge on any atom is 0.109 e. The van der Waals surface area contributed by atoms with Crippen LogP contribution in [0.15, 0.2) is 6.20 Å². The zero-order valence-electron chi connectivity index (χ0n) is 8.88. The predicted octanol–water partition coefficient (Wildman–Crippen LogP) is 3.87. The topological polar surface area (TPSA) is 12.9 Å². The van der Waals surface area contributed by atoms with Gasteiger partial charge in [-0.1, -0.05) is 13.8 Å². The van der Waals surface area contributed by atoms with Crippen molar-refractivity contribution in [3.63, 3.8) is 0 Å².